The number of nitrogens with zero attached hydrogens (tertiary/aromatic N) is 1. The standard InChI is InChI=1S/C23H24N2O5S/c26-23(24-11-14-30-21-8-5-18-3-1-2-4-20(18)17-21)19-6-9-22(10-7-19)31(27,28)25-12-15-29-16-13-25/h1-10,17H,11-16H2,(H,24,26). The van der Waals surface area contributed by atoms with Gasteiger partial charge in [0.05, 0.1) is 24.7 Å². The van der Waals surface area contributed by atoms with Crippen molar-refractivity contribution in [1.82, 2.24) is 9.62 Å². The summed E-state index contributed by atoms with van der Waals surface area (Å²) in [7, 11) is -3.57. The zero-order chi connectivity index (χ0) is 21.7. The molecule has 4 rings (SSSR count). The highest BCUT2D eigenvalue weighted by atomic mass is 32.2. The third-order valence-corrected chi connectivity index (χ3v) is 7.01. The molecule has 162 valence electrons. The fourth-order valence-electron chi connectivity index (χ4n) is 3.41. The van der Waals surface area contributed by atoms with E-state index in [2.05, 4.69) is 5.32 Å². The molecular formula is C23H24N2O5S. The first-order valence-electron chi connectivity index (χ1n) is 10.1. The molecule has 0 bridgehead atoms. The summed E-state index contributed by atoms with van der Waals surface area (Å²) in [5.41, 5.74) is 0.395. The number of hydrogen-bond acceptors (Lipinski definition) is 5. The number of benzene rings is 3. The van der Waals surface area contributed by atoms with Crippen molar-refractivity contribution < 1.29 is 22.7 Å². The molecule has 1 saturated heterocycles. The molecule has 3 aromatic carbocycles. The molecule has 0 spiro atoms. The first-order valence-corrected chi connectivity index (χ1v) is 11.6. The Morgan fingerprint density at radius 1 is 0.968 bits per heavy atom. The van der Waals surface area contributed by atoms with Crippen molar-refractivity contribution in [2.24, 2.45) is 0 Å². The SMILES string of the molecule is O=C(NCCOc1ccc2ccccc2c1)c1ccc(S(=O)(=O)N2CCOCC2)cc1. The van der Waals surface area contributed by atoms with Crippen molar-refractivity contribution in [3.05, 3.63) is 72.3 Å². The molecule has 1 heterocycles. The molecule has 31 heavy (non-hydrogen) atoms. The number of carbonyl (C=O) groups excluding carboxylic acids is 1. The number of rotatable bonds is 7. The number of ether oxygens (including phenoxy) is 2. The van der Waals surface area contributed by atoms with Crippen LogP contribution in [0.1, 0.15) is 10.4 Å². The molecule has 0 atom stereocenters. The molecule has 1 amide bonds. The van der Waals surface area contributed by atoms with Crippen LogP contribution in [0.3, 0.4) is 0 Å². The minimum absolute atomic E-state index is 0.172. The van der Waals surface area contributed by atoms with E-state index in [1.54, 1.807) is 0 Å². The van der Waals surface area contributed by atoms with Crippen LogP contribution in [0.2, 0.25) is 0 Å². The van der Waals surface area contributed by atoms with Gasteiger partial charge in [0.15, 0.2) is 0 Å². The number of sulfonamides is 1. The summed E-state index contributed by atoms with van der Waals surface area (Å²) in [6.45, 7) is 2.11. The molecule has 0 saturated carbocycles. The summed E-state index contributed by atoms with van der Waals surface area (Å²) in [6, 6.07) is 19.9. The molecule has 8 heteroatoms. The van der Waals surface area contributed by atoms with Gasteiger partial charge in [-0.2, -0.15) is 4.31 Å². The van der Waals surface area contributed by atoms with Crippen LogP contribution in [0.5, 0.6) is 5.75 Å². The van der Waals surface area contributed by atoms with Gasteiger partial charge in [-0.15, -0.1) is 0 Å². The molecule has 7 nitrogen and oxygen atoms in total. The Morgan fingerprint density at radius 3 is 2.42 bits per heavy atom. The van der Waals surface area contributed by atoms with Crippen LogP contribution < -0.4 is 10.1 Å². The summed E-state index contributed by atoms with van der Waals surface area (Å²) in [5, 5.41) is 5.02. The summed E-state index contributed by atoms with van der Waals surface area (Å²) in [5.74, 6) is 0.461. The number of nitrogens with one attached hydrogen (secondary N) is 1. The Kier molecular flexibility index (Phi) is 6.50. The van der Waals surface area contributed by atoms with E-state index < -0.39 is 10.0 Å². The van der Waals surface area contributed by atoms with Crippen molar-refractivity contribution in [2.45, 2.75) is 4.90 Å². The van der Waals surface area contributed by atoms with Crippen molar-refractivity contribution in [3.8, 4) is 5.75 Å². The average molecular weight is 441 g/mol. The quantitative estimate of drug-likeness (QED) is 0.571. The average Bonchev–Trinajstić information content (AvgIpc) is 2.82. The van der Waals surface area contributed by atoms with E-state index in [-0.39, 0.29) is 10.8 Å². The number of hydrogen-bond donors (Lipinski definition) is 1. The third-order valence-electron chi connectivity index (χ3n) is 5.10. The fraction of sp³-hybridized carbons (Fsp3) is 0.261. The van der Waals surface area contributed by atoms with Crippen molar-refractivity contribution >= 4 is 26.7 Å². The molecule has 0 unspecified atom stereocenters. The van der Waals surface area contributed by atoms with E-state index in [4.69, 9.17) is 9.47 Å². The first-order chi connectivity index (χ1) is 15.0. The Hall–Kier alpha value is -2.94. The van der Waals surface area contributed by atoms with Crippen LogP contribution in [0.4, 0.5) is 0 Å². The van der Waals surface area contributed by atoms with E-state index in [9.17, 15) is 13.2 Å². The van der Waals surface area contributed by atoms with E-state index in [0.717, 1.165) is 16.5 Å². The molecule has 0 aromatic heterocycles. The van der Waals surface area contributed by atoms with E-state index >= 15 is 0 Å². The molecule has 3 aromatic rings. The van der Waals surface area contributed by atoms with Gasteiger partial charge in [-0.25, -0.2) is 8.42 Å². The maximum absolute atomic E-state index is 12.6. The lowest BCUT2D eigenvalue weighted by molar-refractivity contribution is 0.0730. The Balaban J connectivity index is 1.29. The summed E-state index contributed by atoms with van der Waals surface area (Å²) in [6.07, 6.45) is 0. The number of fused-ring (bicyclic) bond motifs is 1. The molecule has 1 aliphatic rings. The lowest BCUT2D eigenvalue weighted by Gasteiger charge is -2.26. The van der Waals surface area contributed by atoms with Gasteiger partial charge in [-0.3, -0.25) is 4.79 Å². The Bertz CT molecular complexity index is 1160. The minimum atomic E-state index is -3.57. The van der Waals surface area contributed by atoms with E-state index in [0.29, 0.717) is 45.0 Å². The second kappa shape index (κ2) is 9.47. The zero-order valence-electron chi connectivity index (χ0n) is 17.0. The predicted octanol–water partition coefficient (Wildman–Crippen LogP) is 2.67. The smallest absolute Gasteiger partial charge is 0.251 e. The summed E-state index contributed by atoms with van der Waals surface area (Å²) < 4.78 is 37.6. The maximum atomic E-state index is 12.6. The summed E-state index contributed by atoms with van der Waals surface area (Å²) in [4.78, 5) is 12.5. The van der Waals surface area contributed by atoms with Crippen molar-refractivity contribution in [2.75, 3.05) is 39.5 Å². The predicted molar refractivity (Wildman–Crippen MR) is 118 cm³/mol. The second-order valence-electron chi connectivity index (χ2n) is 7.15. The molecule has 0 aliphatic carbocycles. The highest BCUT2D eigenvalue weighted by Gasteiger charge is 2.26. The van der Waals surface area contributed by atoms with Gasteiger partial charge in [0.2, 0.25) is 10.0 Å². The summed E-state index contributed by atoms with van der Waals surface area (Å²) >= 11 is 0. The highest BCUT2D eigenvalue weighted by Crippen LogP contribution is 2.20. The topological polar surface area (TPSA) is 84.9 Å². The van der Waals surface area contributed by atoms with Crippen LogP contribution in [0, 0.1) is 0 Å². The number of amides is 1. The van der Waals surface area contributed by atoms with Crippen LogP contribution in [-0.2, 0) is 14.8 Å². The lowest BCUT2D eigenvalue weighted by atomic mass is 10.1. The highest BCUT2D eigenvalue weighted by molar-refractivity contribution is 7.89. The van der Waals surface area contributed by atoms with E-state index in [1.807, 2.05) is 42.5 Å². The van der Waals surface area contributed by atoms with Gasteiger partial charge in [-0.1, -0.05) is 30.3 Å². The normalized spacial score (nSPS) is 15.0. The third kappa shape index (κ3) is 5.04. The van der Waals surface area contributed by atoms with Gasteiger partial charge >= 0.3 is 0 Å². The molecule has 1 aliphatic heterocycles. The molecule has 1 fully saturated rings. The zero-order valence-corrected chi connectivity index (χ0v) is 17.8. The van der Waals surface area contributed by atoms with Crippen LogP contribution in [0.15, 0.2) is 71.6 Å². The number of morpholine rings is 1. The lowest BCUT2D eigenvalue weighted by Crippen LogP contribution is -2.40. The first kappa shape index (κ1) is 21.3. The maximum Gasteiger partial charge on any atom is 0.251 e. The van der Waals surface area contributed by atoms with Gasteiger partial charge in [0.1, 0.15) is 12.4 Å². The van der Waals surface area contributed by atoms with Gasteiger partial charge in [0.25, 0.3) is 5.91 Å². The van der Waals surface area contributed by atoms with Crippen LogP contribution in [-0.4, -0.2) is 58.1 Å². The Morgan fingerprint density at radius 2 is 1.68 bits per heavy atom. The fourth-order valence-corrected chi connectivity index (χ4v) is 4.81. The Labute approximate surface area is 181 Å². The van der Waals surface area contributed by atoms with E-state index in [1.165, 1.54) is 28.6 Å². The largest absolute Gasteiger partial charge is 0.492 e. The number of carbonyl (C=O) groups is 1. The van der Waals surface area contributed by atoms with Crippen molar-refractivity contribution in [3.63, 3.8) is 0 Å². The van der Waals surface area contributed by atoms with Gasteiger partial charge in [0, 0.05) is 18.7 Å². The second-order valence-corrected chi connectivity index (χ2v) is 9.09. The van der Waals surface area contributed by atoms with Gasteiger partial charge < -0.3 is 14.8 Å². The van der Waals surface area contributed by atoms with Crippen LogP contribution >= 0.6 is 0 Å². The molecule has 0 radical (unpaired) electrons. The van der Waals surface area contributed by atoms with Crippen LogP contribution in [0.25, 0.3) is 10.8 Å². The monoisotopic (exact) mass is 440 g/mol. The minimum Gasteiger partial charge on any atom is -0.492 e. The van der Waals surface area contributed by atoms with Gasteiger partial charge in [-0.05, 0) is 47.2 Å². The van der Waals surface area contributed by atoms with Crippen molar-refractivity contribution in [1.29, 1.82) is 0 Å². The molecule has 1 N–H and O–H groups in total. The molecular weight excluding hydrogens is 416 g/mol.